The van der Waals surface area contributed by atoms with Gasteiger partial charge >= 0.3 is 5.97 Å². The number of ether oxygens (including phenoxy) is 2. The van der Waals surface area contributed by atoms with Crippen molar-refractivity contribution in [1.29, 1.82) is 0 Å². The van der Waals surface area contributed by atoms with Gasteiger partial charge in [0.1, 0.15) is 5.75 Å². The lowest BCUT2D eigenvalue weighted by Crippen LogP contribution is -2.10. The van der Waals surface area contributed by atoms with Gasteiger partial charge < -0.3 is 9.47 Å². The van der Waals surface area contributed by atoms with Gasteiger partial charge in [-0.05, 0) is 43.0 Å². The first-order valence-corrected chi connectivity index (χ1v) is 7.99. The van der Waals surface area contributed by atoms with Crippen molar-refractivity contribution < 1.29 is 14.3 Å². The summed E-state index contributed by atoms with van der Waals surface area (Å²) in [5.41, 5.74) is 5.39. The van der Waals surface area contributed by atoms with Gasteiger partial charge in [0.25, 0.3) is 0 Å². The minimum absolute atomic E-state index is 0.348. The van der Waals surface area contributed by atoms with Crippen LogP contribution in [0.1, 0.15) is 27.0 Å². The summed E-state index contributed by atoms with van der Waals surface area (Å²) in [6.07, 6.45) is 0.718. The zero-order chi connectivity index (χ0) is 17.0. The second-order valence-electron chi connectivity index (χ2n) is 5.35. The number of aryl methyl sites for hydroxylation is 1. The van der Waals surface area contributed by atoms with Crippen LogP contribution in [0.25, 0.3) is 11.1 Å². The standard InChI is InChI=1S/C19H21ClO3/c1-12-11-16(15-7-5-6-8-17(15)22-3)18(19(21)23-4)13(2)14(12)9-10-20/h5-8,11H,9-10H2,1-4H3. The molecule has 0 aromatic heterocycles. The van der Waals surface area contributed by atoms with E-state index in [1.165, 1.54) is 7.11 Å². The van der Waals surface area contributed by atoms with Crippen LogP contribution in [0, 0.1) is 13.8 Å². The molecule has 2 aromatic carbocycles. The van der Waals surface area contributed by atoms with Crippen molar-refractivity contribution in [3.8, 4) is 16.9 Å². The zero-order valence-corrected chi connectivity index (χ0v) is 14.7. The number of hydrogen-bond acceptors (Lipinski definition) is 3. The molecule has 0 heterocycles. The normalized spacial score (nSPS) is 10.5. The first-order chi connectivity index (χ1) is 11.0. The van der Waals surface area contributed by atoms with E-state index in [-0.39, 0.29) is 5.97 Å². The molecule has 0 unspecified atom stereocenters. The molecule has 0 aliphatic rings. The van der Waals surface area contributed by atoms with Crippen molar-refractivity contribution in [3.05, 3.63) is 52.6 Å². The van der Waals surface area contributed by atoms with Gasteiger partial charge in [-0.15, -0.1) is 11.6 Å². The number of hydrogen-bond donors (Lipinski definition) is 0. The van der Waals surface area contributed by atoms with Crippen LogP contribution in [0.4, 0.5) is 0 Å². The lowest BCUT2D eigenvalue weighted by Gasteiger charge is -2.19. The topological polar surface area (TPSA) is 35.5 Å². The fraction of sp³-hybridized carbons (Fsp3) is 0.316. The van der Waals surface area contributed by atoms with E-state index < -0.39 is 0 Å². The molecule has 23 heavy (non-hydrogen) atoms. The van der Waals surface area contributed by atoms with Crippen molar-refractivity contribution in [2.75, 3.05) is 20.1 Å². The molecular formula is C19H21ClO3. The van der Waals surface area contributed by atoms with Crippen molar-refractivity contribution >= 4 is 17.6 Å². The second kappa shape index (κ2) is 7.51. The number of para-hydroxylation sites is 1. The third-order valence-corrected chi connectivity index (χ3v) is 4.25. The van der Waals surface area contributed by atoms with Crippen LogP contribution in [0.5, 0.6) is 5.75 Å². The molecule has 3 nitrogen and oxygen atoms in total. The average molecular weight is 333 g/mol. The fourth-order valence-corrected chi connectivity index (χ4v) is 3.14. The van der Waals surface area contributed by atoms with Crippen molar-refractivity contribution in [1.82, 2.24) is 0 Å². The predicted molar refractivity (Wildman–Crippen MR) is 93.7 cm³/mol. The molecule has 0 saturated heterocycles. The van der Waals surface area contributed by atoms with Gasteiger partial charge in [0.05, 0.1) is 19.8 Å². The van der Waals surface area contributed by atoms with Crippen molar-refractivity contribution in [3.63, 3.8) is 0 Å². The van der Waals surface area contributed by atoms with E-state index in [4.69, 9.17) is 21.1 Å². The van der Waals surface area contributed by atoms with Crippen LogP contribution in [0.3, 0.4) is 0 Å². The van der Waals surface area contributed by atoms with E-state index >= 15 is 0 Å². The Morgan fingerprint density at radius 2 is 1.83 bits per heavy atom. The highest BCUT2D eigenvalue weighted by molar-refractivity contribution is 6.18. The predicted octanol–water partition coefficient (Wildman–Crippen LogP) is 4.55. The molecule has 0 aliphatic carbocycles. The number of benzene rings is 2. The molecule has 4 heteroatoms. The number of halogens is 1. The average Bonchev–Trinajstić information content (AvgIpc) is 2.57. The number of rotatable bonds is 5. The van der Waals surface area contributed by atoms with Gasteiger partial charge in [0.15, 0.2) is 0 Å². The highest BCUT2D eigenvalue weighted by Crippen LogP contribution is 2.36. The van der Waals surface area contributed by atoms with Gasteiger partial charge in [-0.2, -0.15) is 0 Å². The Morgan fingerprint density at radius 3 is 2.43 bits per heavy atom. The molecule has 0 N–H and O–H groups in total. The summed E-state index contributed by atoms with van der Waals surface area (Å²) < 4.78 is 10.5. The fourth-order valence-electron chi connectivity index (χ4n) is 2.95. The summed E-state index contributed by atoms with van der Waals surface area (Å²) in [6.45, 7) is 3.98. The maximum atomic E-state index is 12.4. The molecular weight excluding hydrogens is 312 g/mol. The third kappa shape index (κ3) is 3.35. The number of carbonyl (C=O) groups excluding carboxylic acids is 1. The highest BCUT2D eigenvalue weighted by Gasteiger charge is 2.22. The zero-order valence-electron chi connectivity index (χ0n) is 13.9. The van der Waals surface area contributed by atoms with E-state index in [1.807, 2.05) is 44.2 Å². The lowest BCUT2D eigenvalue weighted by molar-refractivity contribution is 0.0600. The van der Waals surface area contributed by atoms with Gasteiger partial charge in [-0.1, -0.05) is 24.3 Å². The van der Waals surface area contributed by atoms with Crippen LogP contribution in [-0.4, -0.2) is 26.1 Å². The Labute approximate surface area is 142 Å². The maximum absolute atomic E-state index is 12.4. The summed E-state index contributed by atoms with van der Waals surface area (Å²) in [4.78, 5) is 12.4. The largest absolute Gasteiger partial charge is 0.496 e. The van der Waals surface area contributed by atoms with Crippen molar-refractivity contribution in [2.24, 2.45) is 0 Å². The van der Waals surface area contributed by atoms with Crippen LogP contribution >= 0.6 is 11.6 Å². The molecule has 0 saturated carbocycles. The van der Waals surface area contributed by atoms with E-state index in [0.29, 0.717) is 11.4 Å². The van der Waals surface area contributed by atoms with E-state index in [9.17, 15) is 4.79 Å². The smallest absolute Gasteiger partial charge is 0.338 e. The van der Waals surface area contributed by atoms with Gasteiger partial charge in [-0.25, -0.2) is 4.79 Å². The Bertz CT molecular complexity index is 723. The molecule has 0 aliphatic heterocycles. The van der Waals surface area contributed by atoms with Gasteiger partial charge in [0, 0.05) is 17.0 Å². The summed E-state index contributed by atoms with van der Waals surface area (Å²) in [5, 5.41) is 0. The Morgan fingerprint density at radius 1 is 1.13 bits per heavy atom. The molecule has 2 rings (SSSR count). The molecule has 2 aromatic rings. The van der Waals surface area contributed by atoms with Gasteiger partial charge in [-0.3, -0.25) is 0 Å². The van der Waals surface area contributed by atoms with Crippen molar-refractivity contribution in [2.45, 2.75) is 20.3 Å². The van der Waals surface area contributed by atoms with Crippen LogP contribution < -0.4 is 4.74 Å². The summed E-state index contributed by atoms with van der Waals surface area (Å²) in [6, 6.07) is 9.67. The molecule has 0 fully saturated rings. The Hall–Kier alpha value is -2.00. The molecule has 0 bridgehead atoms. The van der Waals surface area contributed by atoms with Gasteiger partial charge in [0.2, 0.25) is 0 Å². The lowest BCUT2D eigenvalue weighted by atomic mass is 9.88. The first kappa shape index (κ1) is 17.4. The summed E-state index contributed by atoms with van der Waals surface area (Å²) >= 11 is 5.91. The van der Waals surface area contributed by atoms with Crippen LogP contribution in [0.15, 0.2) is 30.3 Å². The maximum Gasteiger partial charge on any atom is 0.338 e. The van der Waals surface area contributed by atoms with E-state index in [2.05, 4.69) is 0 Å². The molecule has 0 atom stereocenters. The molecule has 122 valence electrons. The van der Waals surface area contributed by atoms with E-state index in [1.54, 1.807) is 7.11 Å². The Balaban J connectivity index is 2.79. The quantitative estimate of drug-likeness (QED) is 0.595. The van der Waals surface area contributed by atoms with E-state index in [0.717, 1.165) is 40.0 Å². The summed E-state index contributed by atoms with van der Waals surface area (Å²) in [5.74, 6) is 0.886. The minimum atomic E-state index is -0.348. The number of alkyl halides is 1. The minimum Gasteiger partial charge on any atom is -0.496 e. The molecule has 0 amide bonds. The summed E-state index contributed by atoms with van der Waals surface area (Å²) in [7, 11) is 3.02. The van der Waals surface area contributed by atoms with Crippen LogP contribution in [0.2, 0.25) is 0 Å². The molecule has 0 radical (unpaired) electrons. The number of methoxy groups -OCH3 is 2. The number of carbonyl (C=O) groups is 1. The monoisotopic (exact) mass is 332 g/mol. The van der Waals surface area contributed by atoms with Crippen LogP contribution in [-0.2, 0) is 11.2 Å². The SMILES string of the molecule is COC(=O)c1c(-c2ccccc2OC)cc(C)c(CCCl)c1C. The highest BCUT2D eigenvalue weighted by atomic mass is 35.5. The molecule has 0 spiro atoms. The third-order valence-electron chi connectivity index (χ3n) is 4.07. The Kier molecular flexibility index (Phi) is 5.67. The number of esters is 1. The second-order valence-corrected chi connectivity index (χ2v) is 5.73. The first-order valence-electron chi connectivity index (χ1n) is 7.45.